The van der Waals surface area contributed by atoms with Gasteiger partial charge in [0.1, 0.15) is 23.6 Å². The molecule has 0 aliphatic carbocycles. The molecule has 6 nitrogen and oxygen atoms in total. The number of nitrogens with zero attached hydrogens (tertiary/aromatic N) is 3. The molecule has 0 bridgehead atoms. The fourth-order valence-electron chi connectivity index (χ4n) is 3.22. The summed E-state index contributed by atoms with van der Waals surface area (Å²) in [6.45, 7) is 4.81. The van der Waals surface area contributed by atoms with E-state index in [-0.39, 0.29) is 17.8 Å². The van der Waals surface area contributed by atoms with E-state index >= 15 is 0 Å². The van der Waals surface area contributed by atoms with Gasteiger partial charge in [-0.05, 0) is 36.6 Å². The Morgan fingerprint density at radius 1 is 1.36 bits per heavy atom. The summed E-state index contributed by atoms with van der Waals surface area (Å²) in [6, 6.07) is 8.33. The van der Waals surface area contributed by atoms with Crippen LogP contribution in [0.1, 0.15) is 17.7 Å². The number of likely N-dealkylation sites (tertiary alicyclic amines) is 1. The van der Waals surface area contributed by atoms with Gasteiger partial charge in [0.25, 0.3) is 0 Å². The lowest BCUT2D eigenvalue weighted by Gasteiger charge is -2.15. The second-order valence-corrected chi connectivity index (χ2v) is 6.52. The molecule has 1 aliphatic rings. The number of aromatic nitrogens is 3. The molecular formula is C21H18FN5O. The predicted octanol–water partition coefficient (Wildman–Crippen LogP) is 2.70. The van der Waals surface area contributed by atoms with Crippen molar-refractivity contribution >= 4 is 22.8 Å². The van der Waals surface area contributed by atoms with Crippen molar-refractivity contribution in [1.29, 1.82) is 0 Å². The van der Waals surface area contributed by atoms with Gasteiger partial charge in [-0.3, -0.25) is 4.79 Å². The summed E-state index contributed by atoms with van der Waals surface area (Å²) in [5.74, 6) is 6.03. The van der Waals surface area contributed by atoms with Crippen LogP contribution in [0.15, 0.2) is 49.3 Å². The van der Waals surface area contributed by atoms with Crippen molar-refractivity contribution in [3.05, 3.63) is 66.4 Å². The summed E-state index contributed by atoms with van der Waals surface area (Å²) in [5.41, 5.74) is 1.60. The molecule has 1 amide bonds. The van der Waals surface area contributed by atoms with Crippen LogP contribution < -0.4 is 5.32 Å². The Morgan fingerprint density at radius 3 is 3.04 bits per heavy atom. The molecule has 1 saturated heterocycles. The fraction of sp³-hybridized carbons (Fsp3) is 0.190. The Morgan fingerprint density at radius 2 is 2.21 bits per heavy atom. The van der Waals surface area contributed by atoms with Gasteiger partial charge in [0.15, 0.2) is 0 Å². The lowest BCUT2D eigenvalue weighted by Crippen LogP contribution is -2.30. The first-order chi connectivity index (χ1) is 13.6. The Bertz CT molecular complexity index is 1110. The summed E-state index contributed by atoms with van der Waals surface area (Å²) in [7, 11) is 0. The van der Waals surface area contributed by atoms with E-state index in [1.54, 1.807) is 23.1 Å². The number of H-pyrrole nitrogens is 1. The van der Waals surface area contributed by atoms with Gasteiger partial charge in [0.05, 0.1) is 16.6 Å². The number of amides is 1. The number of rotatable bonds is 3. The van der Waals surface area contributed by atoms with E-state index in [1.165, 1.54) is 18.5 Å². The molecule has 1 fully saturated rings. The average molecular weight is 375 g/mol. The quantitative estimate of drug-likeness (QED) is 0.545. The van der Waals surface area contributed by atoms with Crippen molar-refractivity contribution in [2.45, 2.75) is 12.5 Å². The van der Waals surface area contributed by atoms with Crippen LogP contribution in [0.5, 0.6) is 0 Å². The normalized spacial score (nSPS) is 15.9. The van der Waals surface area contributed by atoms with E-state index in [1.807, 2.05) is 6.07 Å². The van der Waals surface area contributed by atoms with Gasteiger partial charge in [0, 0.05) is 19.1 Å². The van der Waals surface area contributed by atoms with Gasteiger partial charge < -0.3 is 15.2 Å². The van der Waals surface area contributed by atoms with Gasteiger partial charge in [-0.25, -0.2) is 14.4 Å². The molecule has 3 aromatic rings. The van der Waals surface area contributed by atoms with Crippen LogP contribution in [0.2, 0.25) is 0 Å². The third-order valence-electron chi connectivity index (χ3n) is 4.65. The van der Waals surface area contributed by atoms with Crippen LogP contribution in [0, 0.1) is 17.7 Å². The van der Waals surface area contributed by atoms with Gasteiger partial charge in [0.2, 0.25) is 5.91 Å². The predicted molar refractivity (Wildman–Crippen MR) is 105 cm³/mol. The minimum absolute atomic E-state index is 0.0653. The molecule has 0 saturated carbocycles. The molecule has 7 heteroatoms. The highest BCUT2D eigenvalue weighted by Crippen LogP contribution is 2.23. The minimum atomic E-state index is -0.354. The van der Waals surface area contributed by atoms with Crippen molar-refractivity contribution in [2.24, 2.45) is 0 Å². The van der Waals surface area contributed by atoms with Gasteiger partial charge in [-0.2, -0.15) is 0 Å². The zero-order chi connectivity index (χ0) is 19.5. The van der Waals surface area contributed by atoms with Crippen LogP contribution in [0.25, 0.3) is 11.0 Å². The molecule has 1 atom stereocenters. The van der Waals surface area contributed by atoms with E-state index in [4.69, 9.17) is 0 Å². The van der Waals surface area contributed by atoms with Crippen LogP contribution >= 0.6 is 0 Å². The minimum Gasteiger partial charge on any atom is -0.365 e. The Hall–Kier alpha value is -3.66. The molecule has 140 valence electrons. The van der Waals surface area contributed by atoms with E-state index < -0.39 is 0 Å². The number of hydrogen-bond donors (Lipinski definition) is 2. The first-order valence-corrected chi connectivity index (χ1v) is 8.92. The average Bonchev–Trinajstić information content (AvgIpc) is 3.34. The molecule has 4 rings (SSSR count). The highest BCUT2D eigenvalue weighted by atomic mass is 19.1. The van der Waals surface area contributed by atoms with Gasteiger partial charge in [-0.1, -0.05) is 24.6 Å². The van der Waals surface area contributed by atoms with Crippen LogP contribution in [0.3, 0.4) is 0 Å². The Labute approximate surface area is 161 Å². The first kappa shape index (κ1) is 17.7. The molecule has 2 N–H and O–H groups in total. The van der Waals surface area contributed by atoms with Gasteiger partial charge in [-0.15, -0.1) is 0 Å². The number of aromatic amines is 1. The van der Waals surface area contributed by atoms with E-state index in [9.17, 15) is 9.18 Å². The lowest BCUT2D eigenvalue weighted by atomic mass is 10.2. The molecule has 1 aromatic carbocycles. The van der Waals surface area contributed by atoms with Crippen molar-refractivity contribution in [1.82, 2.24) is 19.9 Å². The summed E-state index contributed by atoms with van der Waals surface area (Å²) in [5, 5.41) is 4.18. The summed E-state index contributed by atoms with van der Waals surface area (Å²) in [6.07, 6.45) is 3.63. The molecule has 1 unspecified atom stereocenters. The molecule has 2 aromatic heterocycles. The monoisotopic (exact) mass is 375 g/mol. The van der Waals surface area contributed by atoms with Crippen molar-refractivity contribution in [2.75, 3.05) is 18.4 Å². The van der Waals surface area contributed by atoms with Crippen molar-refractivity contribution in [3.8, 4) is 11.8 Å². The van der Waals surface area contributed by atoms with E-state index in [0.717, 1.165) is 11.8 Å². The number of halogens is 1. The van der Waals surface area contributed by atoms with Crippen molar-refractivity contribution < 1.29 is 9.18 Å². The maximum Gasteiger partial charge on any atom is 0.246 e. The highest BCUT2D eigenvalue weighted by Gasteiger charge is 2.25. The Kier molecular flexibility index (Phi) is 4.77. The lowest BCUT2D eigenvalue weighted by molar-refractivity contribution is -0.125. The fourth-order valence-corrected chi connectivity index (χ4v) is 3.22. The largest absolute Gasteiger partial charge is 0.365 e. The van der Waals surface area contributed by atoms with E-state index in [2.05, 4.69) is 38.7 Å². The zero-order valence-corrected chi connectivity index (χ0v) is 15.1. The SMILES string of the molecule is C=CC(=O)N1CCC(Nc2ncnc3[nH]c(C#Cc4ccccc4F)cc23)C1. The molecule has 28 heavy (non-hydrogen) atoms. The van der Waals surface area contributed by atoms with Crippen LogP contribution in [-0.4, -0.2) is 44.9 Å². The molecule has 1 aliphatic heterocycles. The zero-order valence-electron chi connectivity index (χ0n) is 15.1. The molecular weight excluding hydrogens is 357 g/mol. The third kappa shape index (κ3) is 3.58. The van der Waals surface area contributed by atoms with Crippen LogP contribution in [0.4, 0.5) is 10.2 Å². The number of nitrogens with one attached hydrogen (secondary N) is 2. The highest BCUT2D eigenvalue weighted by molar-refractivity contribution is 5.89. The third-order valence-corrected chi connectivity index (χ3v) is 4.65. The first-order valence-electron chi connectivity index (χ1n) is 8.92. The molecule has 3 heterocycles. The smallest absolute Gasteiger partial charge is 0.246 e. The Balaban J connectivity index is 1.56. The number of anilines is 1. The van der Waals surface area contributed by atoms with Crippen LogP contribution in [-0.2, 0) is 4.79 Å². The molecule has 0 radical (unpaired) electrons. The number of hydrogen-bond acceptors (Lipinski definition) is 4. The van der Waals surface area contributed by atoms with Gasteiger partial charge >= 0.3 is 0 Å². The number of carbonyl (C=O) groups excluding carboxylic acids is 1. The second kappa shape index (κ2) is 7.53. The number of fused-ring (bicyclic) bond motifs is 1. The topological polar surface area (TPSA) is 73.9 Å². The maximum atomic E-state index is 13.7. The number of benzene rings is 1. The second-order valence-electron chi connectivity index (χ2n) is 6.52. The summed E-state index contributed by atoms with van der Waals surface area (Å²) in [4.78, 5) is 25.2. The number of carbonyl (C=O) groups is 1. The van der Waals surface area contributed by atoms with Crippen molar-refractivity contribution in [3.63, 3.8) is 0 Å². The van der Waals surface area contributed by atoms with E-state index in [0.29, 0.717) is 35.8 Å². The summed E-state index contributed by atoms with van der Waals surface area (Å²) >= 11 is 0. The summed E-state index contributed by atoms with van der Waals surface area (Å²) < 4.78 is 13.7. The standard InChI is InChI=1S/C21H18FN5O/c1-2-19(28)27-10-9-16(12-27)26-21-17-11-15(25-20(17)23-13-24-21)8-7-14-5-3-4-6-18(14)22/h2-6,11,13,16H,1,9-10,12H2,(H2,23,24,25,26). The maximum absolute atomic E-state index is 13.7. The molecule has 0 spiro atoms.